The molecule has 0 saturated carbocycles. The first-order chi connectivity index (χ1) is 13.6. The Morgan fingerprint density at radius 2 is 1.82 bits per heavy atom. The van der Waals surface area contributed by atoms with Gasteiger partial charge in [-0.3, -0.25) is 14.5 Å². The van der Waals surface area contributed by atoms with Crippen molar-refractivity contribution in [1.29, 1.82) is 0 Å². The molecule has 2 N–H and O–H groups in total. The molecule has 1 aromatic heterocycles. The number of aromatic amines is 1. The van der Waals surface area contributed by atoms with Crippen LogP contribution in [0.3, 0.4) is 0 Å². The van der Waals surface area contributed by atoms with E-state index in [-0.39, 0.29) is 24.2 Å². The predicted molar refractivity (Wildman–Crippen MR) is 106 cm³/mol. The van der Waals surface area contributed by atoms with Crippen LogP contribution in [0.5, 0.6) is 0 Å². The third-order valence-corrected chi connectivity index (χ3v) is 4.95. The zero-order chi connectivity index (χ0) is 19.5. The monoisotopic (exact) mass is 380 g/mol. The highest BCUT2D eigenvalue weighted by Crippen LogP contribution is 2.20. The number of nitrogens with one attached hydrogen (secondary N) is 2. The molecule has 0 spiro atoms. The molecule has 2 amide bonds. The van der Waals surface area contributed by atoms with E-state index in [1.165, 1.54) is 12.1 Å². The van der Waals surface area contributed by atoms with Crippen LogP contribution in [-0.4, -0.2) is 59.3 Å². The average Bonchev–Trinajstić information content (AvgIpc) is 3.12. The fraction of sp³-hybridized carbons (Fsp3) is 0.238. The minimum absolute atomic E-state index is 0.00122. The van der Waals surface area contributed by atoms with Crippen molar-refractivity contribution >= 4 is 28.4 Å². The first kappa shape index (κ1) is 18.2. The molecule has 2 heterocycles. The van der Waals surface area contributed by atoms with Crippen LogP contribution in [0.25, 0.3) is 10.9 Å². The lowest BCUT2D eigenvalue weighted by Crippen LogP contribution is -2.50. The normalized spacial score (nSPS) is 15.0. The summed E-state index contributed by atoms with van der Waals surface area (Å²) in [6.07, 6.45) is 1.76. The Balaban J connectivity index is 1.32. The Labute approximate surface area is 161 Å². The number of fused-ring (bicyclic) bond motifs is 1. The van der Waals surface area contributed by atoms with E-state index in [2.05, 4.69) is 10.3 Å². The van der Waals surface area contributed by atoms with Gasteiger partial charge in [0.15, 0.2) is 0 Å². The maximum atomic E-state index is 13.2. The van der Waals surface area contributed by atoms with Crippen LogP contribution in [0.4, 0.5) is 10.1 Å². The van der Waals surface area contributed by atoms with Gasteiger partial charge in [0.05, 0.1) is 12.1 Å². The molecule has 0 atom stereocenters. The largest absolute Gasteiger partial charge is 0.360 e. The van der Waals surface area contributed by atoms with Crippen molar-refractivity contribution in [3.8, 4) is 0 Å². The van der Waals surface area contributed by atoms with Gasteiger partial charge < -0.3 is 15.2 Å². The molecule has 0 unspecified atom stereocenters. The molecule has 7 heteroatoms. The molecule has 0 bridgehead atoms. The molecule has 3 aromatic rings. The van der Waals surface area contributed by atoms with Crippen LogP contribution in [-0.2, 0) is 4.79 Å². The zero-order valence-electron chi connectivity index (χ0n) is 15.3. The maximum absolute atomic E-state index is 13.2. The maximum Gasteiger partial charge on any atom is 0.256 e. The molecule has 1 saturated heterocycles. The second-order valence-corrected chi connectivity index (χ2v) is 6.87. The first-order valence-corrected chi connectivity index (χ1v) is 9.23. The summed E-state index contributed by atoms with van der Waals surface area (Å²) in [4.78, 5) is 32.0. The van der Waals surface area contributed by atoms with Crippen molar-refractivity contribution in [2.75, 3.05) is 38.0 Å². The van der Waals surface area contributed by atoms with E-state index in [1.54, 1.807) is 18.3 Å². The van der Waals surface area contributed by atoms with Crippen LogP contribution < -0.4 is 5.32 Å². The first-order valence-electron chi connectivity index (χ1n) is 9.23. The van der Waals surface area contributed by atoms with Gasteiger partial charge in [0.1, 0.15) is 5.82 Å². The van der Waals surface area contributed by atoms with Gasteiger partial charge in [0.25, 0.3) is 5.91 Å². The van der Waals surface area contributed by atoms with Crippen molar-refractivity contribution in [3.63, 3.8) is 0 Å². The third kappa shape index (κ3) is 3.89. The molecule has 28 heavy (non-hydrogen) atoms. The number of hydrogen-bond donors (Lipinski definition) is 2. The highest BCUT2D eigenvalue weighted by atomic mass is 19.1. The van der Waals surface area contributed by atoms with Gasteiger partial charge in [0, 0.05) is 49.0 Å². The number of anilines is 1. The van der Waals surface area contributed by atoms with Crippen molar-refractivity contribution in [1.82, 2.24) is 14.8 Å². The lowest BCUT2D eigenvalue weighted by atomic mass is 10.1. The molecule has 1 aliphatic rings. The summed E-state index contributed by atoms with van der Waals surface area (Å²) in [5, 5.41) is 3.62. The Bertz CT molecular complexity index is 1010. The molecule has 0 radical (unpaired) electrons. The Morgan fingerprint density at radius 3 is 2.61 bits per heavy atom. The summed E-state index contributed by atoms with van der Waals surface area (Å²) in [7, 11) is 0. The van der Waals surface area contributed by atoms with E-state index >= 15 is 0 Å². The minimum Gasteiger partial charge on any atom is -0.360 e. The number of amides is 2. The fourth-order valence-corrected chi connectivity index (χ4v) is 3.50. The Hall–Kier alpha value is -3.19. The van der Waals surface area contributed by atoms with Gasteiger partial charge in [0.2, 0.25) is 5.91 Å². The van der Waals surface area contributed by atoms with Crippen LogP contribution in [0.15, 0.2) is 54.7 Å². The molecule has 1 aliphatic heterocycles. The molecule has 1 fully saturated rings. The van der Waals surface area contributed by atoms with Crippen LogP contribution >= 0.6 is 0 Å². The van der Waals surface area contributed by atoms with E-state index in [4.69, 9.17) is 0 Å². The lowest BCUT2D eigenvalue weighted by Gasteiger charge is -2.34. The van der Waals surface area contributed by atoms with Crippen molar-refractivity contribution in [2.24, 2.45) is 0 Å². The molecular formula is C21H21FN4O2. The fourth-order valence-electron chi connectivity index (χ4n) is 3.50. The Morgan fingerprint density at radius 1 is 1.04 bits per heavy atom. The van der Waals surface area contributed by atoms with Crippen LogP contribution in [0.2, 0.25) is 0 Å². The smallest absolute Gasteiger partial charge is 0.256 e. The molecule has 4 rings (SSSR count). The number of halogens is 1. The summed E-state index contributed by atoms with van der Waals surface area (Å²) >= 11 is 0. The quantitative estimate of drug-likeness (QED) is 0.731. The number of nitrogens with zero attached hydrogens (tertiary/aromatic N) is 2. The predicted octanol–water partition coefficient (Wildman–Crippen LogP) is 2.70. The lowest BCUT2D eigenvalue weighted by molar-refractivity contribution is -0.117. The number of H-pyrrole nitrogens is 1. The highest BCUT2D eigenvalue weighted by Gasteiger charge is 2.24. The van der Waals surface area contributed by atoms with Gasteiger partial charge in [-0.15, -0.1) is 0 Å². The van der Waals surface area contributed by atoms with E-state index in [0.29, 0.717) is 37.4 Å². The molecule has 144 valence electrons. The minimum atomic E-state index is -0.387. The number of hydrogen-bond acceptors (Lipinski definition) is 3. The summed E-state index contributed by atoms with van der Waals surface area (Å²) in [6.45, 7) is 2.57. The summed E-state index contributed by atoms with van der Waals surface area (Å²) < 4.78 is 13.2. The average molecular weight is 380 g/mol. The van der Waals surface area contributed by atoms with Crippen molar-refractivity contribution < 1.29 is 14.0 Å². The SMILES string of the molecule is O=C(CN1CCN(C(=O)c2c[nH]c3ccccc23)CC1)Nc1cccc(F)c1. The van der Waals surface area contributed by atoms with E-state index in [1.807, 2.05) is 34.1 Å². The third-order valence-electron chi connectivity index (χ3n) is 4.95. The zero-order valence-corrected chi connectivity index (χ0v) is 15.3. The van der Waals surface area contributed by atoms with Gasteiger partial charge in [-0.05, 0) is 24.3 Å². The van der Waals surface area contributed by atoms with Gasteiger partial charge >= 0.3 is 0 Å². The highest BCUT2D eigenvalue weighted by molar-refractivity contribution is 6.06. The molecule has 6 nitrogen and oxygen atoms in total. The van der Waals surface area contributed by atoms with E-state index in [0.717, 1.165) is 10.9 Å². The molecular weight excluding hydrogens is 359 g/mol. The number of para-hydroxylation sites is 1. The van der Waals surface area contributed by atoms with Gasteiger partial charge in [-0.1, -0.05) is 24.3 Å². The van der Waals surface area contributed by atoms with Crippen molar-refractivity contribution in [3.05, 3.63) is 66.1 Å². The van der Waals surface area contributed by atoms with Crippen LogP contribution in [0.1, 0.15) is 10.4 Å². The number of aromatic nitrogens is 1. The van der Waals surface area contributed by atoms with Gasteiger partial charge in [-0.2, -0.15) is 0 Å². The number of piperazine rings is 1. The number of benzene rings is 2. The van der Waals surface area contributed by atoms with Crippen molar-refractivity contribution in [2.45, 2.75) is 0 Å². The summed E-state index contributed by atoms with van der Waals surface area (Å²) in [6, 6.07) is 13.6. The number of carbonyl (C=O) groups excluding carboxylic acids is 2. The topological polar surface area (TPSA) is 68.4 Å². The second-order valence-electron chi connectivity index (χ2n) is 6.87. The Kier molecular flexibility index (Phi) is 5.08. The van der Waals surface area contributed by atoms with Gasteiger partial charge in [-0.25, -0.2) is 4.39 Å². The van der Waals surface area contributed by atoms with Crippen LogP contribution in [0, 0.1) is 5.82 Å². The number of carbonyl (C=O) groups is 2. The summed E-state index contributed by atoms with van der Waals surface area (Å²) in [5.74, 6) is -0.578. The number of rotatable bonds is 4. The second kappa shape index (κ2) is 7.82. The molecule has 2 aromatic carbocycles. The molecule has 0 aliphatic carbocycles. The van der Waals surface area contributed by atoms with E-state index < -0.39 is 0 Å². The van der Waals surface area contributed by atoms with E-state index in [9.17, 15) is 14.0 Å². The summed E-state index contributed by atoms with van der Waals surface area (Å²) in [5.41, 5.74) is 2.06. The standard InChI is InChI=1S/C21H21FN4O2/c22-15-4-3-5-16(12-15)24-20(27)14-25-8-10-26(11-9-25)21(28)18-13-23-19-7-2-1-6-17(18)19/h1-7,12-13,23H,8-11,14H2,(H,24,27).